The summed E-state index contributed by atoms with van der Waals surface area (Å²) in [6.07, 6.45) is -5.05. The van der Waals surface area contributed by atoms with Crippen LogP contribution in [-0.2, 0) is 25.6 Å². The Bertz CT molecular complexity index is 716. The van der Waals surface area contributed by atoms with Crippen molar-refractivity contribution in [3.63, 3.8) is 0 Å². The zero-order chi connectivity index (χ0) is 21.6. The molecule has 1 aromatic carbocycles. The Morgan fingerprint density at radius 2 is 2.03 bits per heavy atom. The quantitative estimate of drug-likeness (QED) is 0.725. The molecule has 0 unspecified atom stereocenters. The van der Waals surface area contributed by atoms with E-state index in [1.165, 1.54) is 12.1 Å². The lowest BCUT2D eigenvalue weighted by atomic mass is 10.1. The number of carbonyl (C=O) groups excluding carboxylic acids is 1. The number of morpholine rings is 1. The van der Waals surface area contributed by atoms with E-state index in [9.17, 15) is 22.4 Å². The molecule has 29 heavy (non-hydrogen) atoms. The third-order valence-electron chi connectivity index (χ3n) is 4.55. The number of methoxy groups -OCH3 is 1. The Hall–Kier alpha value is -2.24. The molecule has 2 aliphatic heterocycles. The molecule has 1 N–H and O–H groups in total. The van der Waals surface area contributed by atoms with Crippen molar-refractivity contribution in [2.75, 3.05) is 40.0 Å². The summed E-state index contributed by atoms with van der Waals surface area (Å²) in [5.41, 5.74) is 0.810. The molecule has 2 heterocycles. The van der Waals surface area contributed by atoms with E-state index < -0.39 is 12.1 Å². The fourth-order valence-electron chi connectivity index (χ4n) is 3.18. The van der Waals surface area contributed by atoms with Crippen LogP contribution in [0, 0.1) is 5.82 Å². The third-order valence-corrected chi connectivity index (χ3v) is 4.55. The summed E-state index contributed by atoms with van der Waals surface area (Å²) in [7, 11) is 1.68. The van der Waals surface area contributed by atoms with Crippen molar-refractivity contribution in [2.24, 2.45) is 0 Å². The summed E-state index contributed by atoms with van der Waals surface area (Å²) in [6.45, 7) is 3.61. The molecule has 1 amide bonds. The molecule has 0 spiro atoms. The number of alkyl halides is 3. The second kappa shape index (κ2) is 9.99. The number of nitrogens with zero attached hydrogens (tertiary/aromatic N) is 2. The minimum Gasteiger partial charge on any atom is -0.475 e. The molecule has 2 saturated heterocycles. The first-order chi connectivity index (χ1) is 13.6. The van der Waals surface area contributed by atoms with Crippen molar-refractivity contribution in [2.45, 2.75) is 24.9 Å². The molecule has 2 atom stereocenters. The summed E-state index contributed by atoms with van der Waals surface area (Å²) < 4.78 is 55.9. The highest BCUT2D eigenvalue weighted by molar-refractivity contribution is 5.78. The zero-order valence-electron chi connectivity index (χ0n) is 15.7. The van der Waals surface area contributed by atoms with E-state index in [2.05, 4.69) is 4.90 Å². The first-order valence-corrected chi connectivity index (χ1v) is 8.78. The number of hydrogen-bond acceptors (Lipinski definition) is 5. The maximum atomic E-state index is 13.3. The van der Waals surface area contributed by atoms with Crippen molar-refractivity contribution in [1.82, 2.24) is 9.80 Å². The van der Waals surface area contributed by atoms with Crippen LogP contribution < -0.4 is 0 Å². The first-order valence-electron chi connectivity index (χ1n) is 8.78. The van der Waals surface area contributed by atoms with Gasteiger partial charge in [-0.15, -0.1) is 0 Å². The van der Waals surface area contributed by atoms with Crippen LogP contribution in [0.25, 0.3) is 0 Å². The number of amides is 1. The topological polar surface area (TPSA) is 79.3 Å². The number of carbonyl (C=O) groups is 2. The van der Waals surface area contributed by atoms with Crippen LogP contribution in [-0.4, -0.2) is 85.1 Å². The van der Waals surface area contributed by atoms with Crippen molar-refractivity contribution in [3.8, 4) is 0 Å². The number of fused-ring (bicyclic) bond motifs is 1. The number of ether oxygens (including phenoxy) is 2. The van der Waals surface area contributed by atoms with E-state index in [-0.39, 0.29) is 30.5 Å². The molecule has 2 aliphatic rings. The van der Waals surface area contributed by atoms with Crippen molar-refractivity contribution in [1.29, 1.82) is 0 Å². The van der Waals surface area contributed by atoms with Gasteiger partial charge in [0.05, 0.1) is 18.8 Å². The number of halogens is 4. The third kappa shape index (κ3) is 6.65. The number of likely N-dealkylation sites (tertiary alicyclic amines) is 1. The number of benzene rings is 1. The maximum absolute atomic E-state index is 13.3. The van der Waals surface area contributed by atoms with Crippen LogP contribution in [0.4, 0.5) is 17.6 Å². The van der Waals surface area contributed by atoms with E-state index in [0.29, 0.717) is 13.2 Å². The highest BCUT2D eigenvalue weighted by Gasteiger charge is 2.42. The smallest absolute Gasteiger partial charge is 0.475 e. The molecule has 7 nitrogen and oxygen atoms in total. The van der Waals surface area contributed by atoms with Gasteiger partial charge in [-0.05, 0) is 17.7 Å². The van der Waals surface area contributed by atoms with Crippen LogP contribution >= 0.6 is 0 Å². The number of rotatable bonds is 5. The average Bonchev–Trinajstić information content (AvgIpc) is 3.05. The Balaban J connectivity index is 0.000000370. The van der Waals surface area contributed by atoms with Gasteiger partial charge in [-0.25, -0.2) is 9.18 Å². The van der Waals surface area contributed by atoms with Crippen LogP contribution in [0.5, 0.6) is 0 Å². The number of aliphatic carboxylic acids is 1. The highest BCUT2D eigenvalue weighted by atomic mass is 19.4. The predicted molar refractivity (Wildman–Crippen MR) is 92.5 cm³/mol. The summed E-state index contributed by atoms with van der Waals surface area (Å²) in [5, 5.41) is 7.12. The van der Waals surface area contributed by atoms with Gasteiger partial charge >= 0.3 is 12.1 Å². The summed E-state index contributed by atoms with van der Waals surface area (Å²) in [5.74, 6) is -3.06. The standard InChI is InChI=1S/C16H21FN2O3.C2HF3O2/c1-21-6-5-18-9-14-15(10-18)22-11-16(20)19(14)8-12-3-2-4-13(17)7-12;3-2(4,5)1(6)7/h2-4,7,14-15H,5-6,8-11H2,1H3;(H,6,7)/t14-,15-;/m1./s1. The minimum absolute atomic E-state index is 0.0286. The molecule has 0 saturated carbocycles. The largest absolute Gasteiger partial charge is 0.490 e. The number of carboxylic acid groups (broad SMARTS) is 1. The predicted octanol–water partition coefficient (Wildman–Crippen LogP) is 1.52. The highest BCUT2D eigenvalue weighted by Crippen LogP contribution is 2.25. The molecular formula is C18H22F4N2O5. The molecule has 162 valence electrons. The molecule has 0 radical (unpaired) electrons. The van der Waals surface area contributed by atoms with E-state index in [0.717, 1.165) is 25.2 Å². The lowest BCUT2D eigenvalue weighted by Gasteiger charge is -2.36. The van der Waals surface area contributed by atoms with E-state index in [1.54, 1.807) is 13.2 Å². The van der Waals surface area contributed by atoms with Gasteiger partial charge in [0, 0.05) is 33.3 Å². The van der Waals surface area contributed by atoms with Crippen molar-refractivity contribution in [3.05, 3.63) is 35.6 Å². The number of hydrogen-bond donors (Lipinski definition) is 1. The second-order valence-corrected chi connectivity index (χ2v) is 6.62. The molecular weight excluding hydrogens is 400 g/mol. The van der Waals surface area contributed by atoms with Crippen LogP contribution in [0.1, 0.15) is 5.56 Å². The van der Waals surface area contributed by atoms with Gasteiger partial charge < -0.3 is 19.5 Å². The van der Waals surface area contributed by atoms with Gasteiger partial charge in [-0.3, -0.25) is 9.69 Å². The normalized spacial score (nSPS) is 22.1. The van der Waals surface area contributed by atoms with Crippen LogP contribution in [0.2, 0.25) is 0 Å². The summed E-state index contributed by atoms with van der Waals surface area (Å²) in [6, 6.07) is 6.44. The molecule has 0 aromatic heterocycles. The number of carboxylic acids is 1. The molecule has 3 rings (SSSR count). The van der Waals surface area contributed by atoms with Gasteiger partial charge in [0.1, 0.15) is 12.4 Å². The Kier molecular flexibility index (Phi) is 7.94. The minimum atomic E-state index is -5.08. The monoisotopic (exact) mass is 422 g/mol. The maximum Gasteiger partial charge on any atom is 0.490 e. The lowest BCUT2D eigenvalue weighted by molar-refractivity contribution is -0.192. The fraction of sp³-hybridized carbons (Fsp3) is 0.556. The van der Waals surface area contributed by atoms with Crippen molar-refractivity contribution < 1.29 is 41.7 Å². The summed E-state index contributed by atoms with van der Waals surface area (Å²) >= 11 is 0. The van der Waals surface area contributed by atoms with Crippen LogP contribution in [0.3, 0.4) is 0 Å². The average molecular weight is 422 g/mol. The SMILES string of the molecule is COCCN1C[C@@H]2[C@@H](C1)OCC(=O)N2Cc1cccc(F)c1.O=C(O)C(F)(F)F. The van der Waals surface area contributed by atoms with Gasteiger partial charge in [-0.1, -0.05) is 12.1 Å². The molecule has 0 bridgehead atoms. The Labute approximate surface area is 164 Å². The first kappa shape index (κ1) is 23.0. The fourth-order valence-corrected chi connectivity index (χ4v) is 3.18. The van der Waals surface area contributed by atoms with Gasteiger partial charge in [-0.2, -0.15) is 13.2 Å². The van der Waals surface area contributed by atoms with E-state index in [4.69, 9.17) is 19.4 Å². The molecule has 0 aliphatic carbocycles. The van der Waals surface area contributed by atoms with E-state index >= 15 is 0 Å². The lowest BCUT2D eigenvalue weighted by Crippen LogP contribution is -2.53. The van der Waals surface area contributed by atoms with Gasteiger partial charge in [0.15, 0.2) is 0 Å². The van der Waals surface area contributed by atoms with E-state index in [1.807, 2.05) is 11.0 Å². The Morgan fingerprint density at radius 3 is 2.62 bits per heavy atom. The summed E-state index contributed by atoms with van der Waals surface area (Å²) in [4.78, 5) is 25.2. The molecule has 2 fully saturated rings. The molecule has 1 aromatic rings. The van der Waals surface area contributed by atoms with Gasteiger partial charge in [0.2, 0.25) is 5.91 Å². The zero-order valence-corrected chi connectivity index (χ0v) is 15.7. The molecule has 11 heteroatoms. The van der Waals surface area contributed by atoms with Crippen molar-refractivity contribution >= 4 is 11.9 Å². The van der Waals surface area contributed by atoms with Gasteiger partial charge in [0.25, 0.3) is 0 Å². The Morgan fingerprint density at radius 1 is 1.34 bits per heavy atom. The van der Waals surface area contributed by atoms with Crippen LogP contribution in [0.15, 0.2) is 24.3 Å². The second-order valence-electron chi connectivity index (χ2n) is 6.62.